The van der Waals surface area contributed by atoms with Crippen LogP contribution in [-0.2, 0) is 19.1 Å². The molecule has 0 saturated carbocycles. The number of halogens is 2. The van der Waals surface area contributed by atoms with Gasteiger partial charge in [0.05, 0.1) is 24.8 Å². The van der Waals surface area contributed by atoms with Crippen molar-refractivity contribution in [3.63, 3.8) is 0 Å². The van der Waals surface area contributed by atoms with Crippen LogP contribution < -0.4 is 0 Å². The molecule has 0 saturated heterocycles. The molecule has 0 rings (SSSR count). The smallest absolute Gasteiger partial charge is 0.155 e. The minimum Gasteiger partial charge on any atom is -0.497 e. The fraction of sp³-hybridized carbons (Fsp3) is 0.583. The molecule has 0 amide bonds. The van der Waals surface area contributed by atoms with E-state index in [1.807, 2.05) is 6.92 Å². The quantitative estimate of drug-likeness (QED) is 0.313. The van der Waals surface area contributed by atoms with E-state index in [9.17, 15) is 14.4 Å². The molecule has 0 radical (unpaired) electrons. The van der Waals surface area contributed by atoms with Crippen molar-refractivity contribution in [2.75, 3.05) is 18.4 Å². The highest BCUT2D eigenvalue weighted by molar-refractivity contribution is 6.29. The Morgan fingerprint density at radius 1 is 1.11 bits per heavy atom. The lowest BCUT2D eigenvalue weighted by atomic mass is 10.2. The maximum absolute atomic E-state index is 10.5. The number of allylic oxidation sites excluding steroid dienone is 2. The van der Waals surface area contributed by atoms with Gasteiger partial charge in [-0.2, -0.15) is 0 Å². The first-order chi connectivity index (χ1) is 8.37. The van der Waals surface area contributed by atoms with E-state index in [1.165, 1.54) is 19.9 Å². The predicted octanol–water partition coefficient (Wildman–Crippen LogP) is 2.51. The summed E-state index contributed by atoms with van der Waals surface area (Å²) in [5.74, 6) is 0.364. The lowest BCUT2D eigenvalue weighted by Crippen LogP contribution is -2.04. The average molecular weight is 297 g/mol. The van der Waals surface area contributed by atoms with E-state index >= 15 is 0 Å². The van der Waals surface area contributed by atoms with Crippen LogP contribution >= 0.6 is 23.2 Å². The molecule has 0 heterocycles. The number of rotatable bonds is 7. The number of ketones is 3. The van der Waals surface area contributed by atoms with E-state index in [4.69, 9.17) is 27.9 Å². The Labute approximate surface area is 117 Å². The minimum atomic E-state index is -0.209. The Hall–Kier alpha value is -0.870. The zero-order valence-electron chi connectivity index (χ0n) is 10.8. The van der Waals surface area contributed by atoms with Gasteiger partial charge < -0.3 is 4.74 Å². The highest BCUT2D eigenvalue weighted by atomic mass is 35.5. The van der Waals surface area contributed by atoms with Gasteiger partial charge in [0.25, 0.3) is 0 Å². The molecular formula is C12H18Cl2O4. The summed E-state index contributed by atoms with van der Waals surface area (Å²) >= 11 is 10.5. The van der Waals surface area contributed by atoms with Crippen LogP contribution in [0.2, 0.25) is 0 Å². The van der Waals surface area contributed by atoms with Crippen LogP contribution in [-0.4, -0.2) is 35.7 Å². The Morgan fingerprint density at radius 3 is 1.89 bits per heavy atom. The molecule has 0 unspecified atom stereocenters. The Kier molecular flexibility index (Phi) is 13.6. The Balaban J connectivity index is 0. The molecule has 0 atom stereocenters. The maximum Gasteiger partial charge on any atom is 0.155 e. The van der Waals surface area contributed by atoms with Crippen molar-refractivity contribution in [2.45, 2.75) is 27.2 Å². The van der Waals surface area contributed by atoms with Gasteiger partial charge in [-0.05, 0) is 20.8 Å². The van der Waals surface area contributed by atoms with Crippen molar-refractivity contribution in [3.8, 4) is 0 Å². The van der Waals surface area contributed by atoms with Crippen molar-refractivity contribution in [1.29, 1.82) is 0 Å². The van der Waals surface area contributed by atoms with E-state index in [1.54, 1.807) is 0 Å². The molecule has 6 heteroatoms. The summed E-state index contributed by atoms with van der Waals surface area (Å²) in [5.41, 5.74) is 0. The third kappa shape index (κ3) is 15.1. The van der Waals surface area contributed by atoms with Crippen LogP contribution in [0.25, 0.3) is 0 Å². The van der Waals surface area contributed by atoms with Gasteiger partial charge in [-0.15, -0.1) is 23.2 Å². The standard InChI is InChI=1S/C7H11ClO2.C5H7ClO2/c1-3-10-7(5-8)4-6(2)9;1-4(7)2-5(8)3-6/h4H,3,5H2,1-2H3;2-3H2,1H3/b7-4+;. The van der Waals surface area contributed by atoms with E-state index < -0.39 is 0 Å². The molecule has 18 heavy (non-hydrogen) atoms. The number of hydrogen-bond donors (Lipinski definition) is 0. The second kappa shape index (κ2) is 12.6. The molecule has 0 aliphatic carbocycles. The zero-order chi connectivity index (χ0) is 14.6. The Morgan fingerprint density at radius 2 is 1.67 bits per heavy atom. The summed E-state index contributed by atoms with van der Waals surface area (Å²) in [4.78, 5) is 30.9. The van der Waals surface area contributed by atoms with Gasteiger partial charge in [0, 0.05) is 6.08 Å². The number of ether oxygens (including phenoxy) is 1. The number of carbonyl (C=O) groups excluding carboxylic acids is 3. The van der Waals surface area contributed by atoms with Crippen molar-refractivity contribution in [1.82, 2.24) is 0 Å². The normalized spacial score (nSPS) is 10.2. The molecule has 0 aliphatic rings. The molecule has 0 aromatic heterocycles. The highest BCUT2D eigenvalue weighted by Crippen LogP contribution is 1.99. The zero-order valence-corrected chi connectivity index (χ0v) is 12.3. The third-order valence-electron chi connectivity index (χ3n) is 1.42. The first-order valence-corrected chi connectivity index (χ1v) is 6.41. The molecule has 0 bridgehead atoms. The average Bonchev–Trinajstić information content (AvgIpc) is 2.27. The van der Waals surface area contributed by atoms with Crippen molar-refractivity contribution in [3.05, 3.63) is 11.8 Å². The molecule has 0 aromatic carbocycles. The summed E-state index contributed by atoms with van der Waals surface area (Å²) < 4.78 is 5.01. The van der Waals surface area contributed by atoms with Gasteiger partial charge in [-0.3, -0.25) is 14.4 Å². The molecule has 0 fully saturated rings. The molecule has 104 valence electrons. The molecule has 4 nitrogen and oxygen atoms in total. The van der Waals surface area contributed by atoms with Gasteiger partial charge in [0.1, 0.15) is 11.5 Å². The maximum atomic E-state index is 10.5. The van der Waals surface area contributed by atoms with Crippen LogP contribution in [0.5, 0.6) is 0 Å². The summed E-state index contributed by atoms with van der Waals surface area (Å²) in [5, 5.41) is 0. The fourth-order valence-corrected chi connectivity index (χ4v) is 1.10. The monoisotopic (exact) mass is 296 g/mol. The van der Waals surface area contributed by atoms with Crippen LogP contribution in [0.4, 0.5) is 0 Å². The van der Waals surface area contributed by atoms with Gasteiger partial charge in [0.15, 0.2) is 11.6 Å². The lowest BCUT2D eigenvalue weighted by Gasteiger charge is -2.02. The van der Waals surface area contributed by atoms with E-state index in [-0.39, 0.29) is 35.5 Å². The van der Waals surface area contributed by atoms with E-state index in [2.05, 4.69) is 0 Å². The van der Waals surface area contributed by atoms with Gasteiger partial charge in [-0.25, -0.2) is 0 Å². The topological polar surface area (TPSA) is 60.4 Å². The SMILES string of the molecule is CC(=O)CC(=O)CCl.CCO/C(=C/C(C)=O)CCl. The lowest BCUT2D eigenvalue weighted by molar-refractivity contribution is -0.124. The predicted molar refractivity (Wildman–Crippen MR) is 72.1 cm³/mol. The molecular weight excluding hydrogens is 279 g/mol. The van der Waals surface area contributed by atoms with Crippen LogP contribution in [0.3, 0.4) is 0 Å². The summed E-state index contributed by atoms with van der Waals surface area (Å²) in [6, 6.07) is 0. The number of carbonyl (C=O) groups is 3. The third-order valence-corrected chi connectivity index (χ3v) is 1.98. The van der Waals surface area contributed by atoms with Crippen molar-refractivity contribution in [2.24, 2.45) is 0 Å². The number of Topliss-reactive ketones (excluding diaryl/α,β-unsaturated/α-hetero) is 2. The Bertz CT molecular complexity index is 311. The first kappa shape index (κ1) is 19.5. The highest BCUT2D eigenvalue weighted by Gasteiger charge is 2.01. The molecule has 0 aromatic rings. The summed E-state index contributed by atoms with van der Waals surface area (Å²) in [6.45, 7) is 5.22. The van der Waals surface area contributed by atoms with Gasteiger partial charge in [0.2, 0.25) is 0 Å². The van der Waals surface area contributed by atoms with Crippen LogP contribution in [0.1, 0.15) is 27.2 Å². The minimum absolute atomic E-state index is 0.0243. The van der Waals surface area contributed by atoms with E-state index in [0.717, 1.165) is 0 Å². The number of alkyl halides is 2. The fourth-order valence-electron chi connectivity index (χ4n) is 0.856. The second-order valence-corrected chi connectivity index (χ2v) is 3.87. The van der Waals surface area contributed by atoms with Gasteiger partial charge >= 0.3 is 0 Å². The molecule has 0 spiro atoms. The molecule has 0 N–H and O–H groups in total. The van der Waals surface area contributed by atoms with Crippen molar-refractivity contribution >= 4 is 40.6 Å². The van der Waals surface area contributed by atoms with Crippen LogP contribution in [0.15, 0.2) is 11.8 Å². The first-order valence-electron chi connectivity index (χ1n) is 5.34. The second-order valence-electron chi connectivity index (χ2n) is 3.34. The largest absolute Gasteiger partial charge is 0.497 e. The molecule has 0 aliphatic heterocycles. The van der Waals surface area contributed by atoms with E-state index in [0.29, 0.717) is 12.4 Å². The number of hydrogen-bond acceptors (Lipinski definition) is 4. The summed E-state index contributed by atoms with van der Waals surface area (Å²) in [6.07, 6.45) is 1.38. The van der Waals surface area contributed by atoms with Crippen molar-refractivity contribution < 1.29 is 19.1 Å². The summed E-state index contributed by atoms with van der Waals surface area (Å²) in [7, 11) is 0. The van der Waals surface area contributed by atoms with Crippen LogP contribution in [0, 0.1) is 0 Å². The van der Waals surface area contributed by atoms with Gasteiger partial charge in [-0.1, -0.05) is 0 Å².